The molecule has 2 aliphatic heterocycles. The number of rotatable bonds is 3. The molecule has 7 nitrogen and oxygen atoms in total. The molecule has 0 aliphatic carbocycles. The van der Waals surface area contributed by atoms with Gasteiger partial charge in [0.25, 0.3) is 5.91 Å². The molecule has 3 rings (SSSR count). The van der Waals surface area contributed by atoms with Crippen molar-refractivity contribution in [2.24, 2.45) is 5.92 Å². The minimum Gasteiger partial charge on any atom is -0.348 e. The Labute approximate surface area is 135 Å². The minimum absolute atomic E-state index is 0.127. The fourth-order valence-corrected chi connectivity index (χ4v) is 3.86. The molecule has 1 aromatic rings. The predicted octanol–water partition coefficient (Wildman–Crippen LogP) is 0.540. The first-order chi connectivity index (χ1) is 10.8. The summed E-state index contributed by atoms with van der Waals surface area (Å²) < 4.78 is 24.4. The van der Waals surface area contributed by atoms with E-state index in [2.05, 4.69) is 10.6 Å². The van der Waals surface area contributed by atoms with Gasteiger partial charge in [-0.1, -0.05) is 6.07 Å². The number of hydrogen-bond donors (Lipinski definition) is 2. The highest BCUT2D eigenvalue weighted by Gasteiger charge is 2.29. The summed E-state index contributed by atoms with van der Waals surface area (Å²) >= 11 is 0. The molecule has 2 heterocycles. The SMILES string of the molecule is CS(=O)(=O)N1CCC(C(=O)Nc2ccc3c(c2)C(=O)NC3)CC1. The highest BCUT2D eigenvalue weighted by molar-refractivity contribution is 7.88. The van der Waals surface area contributed by atoms with E-state index in [0.29, 0.717) is 43.7 Å². The molecule has 23 heavy (non-hydrogen) atoms. The molecule has 0 spiro atoms. The van der Waals surface area contributed by atoms with Crippen LogP contribution in [-0.4, -0.2) is 43.9 Å². The van der Waals surface area contributed by atoms with E-state index in [1.54, 1.807) is 12.1 Å². The summed E-state index contributed by atoms with van der Waals surface area (Å²) in [5, 5.41) is 5.56. The van der Waals surface area contributed by atoms with Gasteiger partial charge in [0.15, 0.2) is 0 Å². The maximum Gasteiger partial charge on any atom is 0.251 e. The lowest BCUT2D eigenvalue weighted by Gasteiger charge is -2.29. The molecule has 0 aromatic heterocycles. The molecule has 0 bridgehead atoms. The fourth-order valence-electron chi connectivity index (χ4n) is 2.98. The van der Waals surface area contributed by atoms with Gasteiger partial charge in [-0.2, -0.15) is 0 Å². The number of carbonyl (C=O) groups is 2. The van der Waals surface area contributed by atoms with Gasteiger partial charge in [0.1, 0.15) is 0 Å². The van der Waals surface area contributed by atoms with E-state index in [4.69, 9.17) is 0 Å². The van der Waals surface area contributed by atoms with Crippen LogP contribution >= 0.6 is 0 Å². The lowest BCUT2D eigenvalue weighted by Crippen LogP contribution is -2.40. The molecule has 8 heteroatoms. The second kappa shape index (κ2) is 5.93. The number of nitrogens with zero attached hydrogens (tertiary/aromatic N) is 1. The average molecular weight is 337 g/mol. The summed E-state index contributed by atoms with van der Waals surface area (Å²) in [6, 6.07) is 5.29. The second-order valence-electron chi connectivity index (χ2n) is 5.98. The van der Waals surface area contributed by atoms with E-state index in [0.717, 1.165) is 5.56 Å². The zero-order valence-corrected chi connectivity index (χ0v) is 13.6. The van der Waals surface area contributed by atoms with Gasteiger partial charge < -0.3 is 10.6 Å². The molecule has 1 fully saturated rings. The topological polar surface area (TPSA) is 95.6 Å². The van der Waals surface area contributed by atoms with Crippen molar-refractivity contribution in [2.45, 2.75) is 19.4 Å². The van der Waals surface area contributed by atoms with Gasteiger partial charge in [-0.05, 0) is 30.5 Å². The Hall–Kier alpha value is -1.93. The Morgan fingerprint density at radius 2 is 2.00 bits per heavy atom. The molecule has 124 valence electrons. The molecule has 0 atom stereocenters. The molecular weight excluding hydrogens is 318 g/mol. The van der Waals surface area contributed by atoms with E-state index >= 15 is 0 Å². The van der Waals surface area contributed by atoms with Crippen LogP contribution in [0.3, 0.4) is 0 Å². The van der Waals surface area contributed by atoms with Crippen LogP contribution in [0.2, 0.25) is 0 Å². The fraction of sp³-hybridized carbons (Fsp3) is 0.467. The molecule has 0 unspecified atom stereocenters. The van der Waals surface area contributed by atoms with E-state index in [1.807, 2.05) is 6.07 Å². The van der Waals surface area contributed by atoms with Crippen molar-refractivity contribution < 1.29 is 18.0 Å². The molecule has 2 aliphatic rings. The Morgan fingerprint density at radius 1 is 1.30 bits per heavy atom. The Balaban J connectivity index is 1.62. The molecule has 2 amide bonds. The van der Waals surface area contributed by atoms with Crippen LogP contribution in [-0.2, 0) is 21.4 Å². The van der Waals surface area contributed by atoms with E-state index in [-0.39, 0.29) is 17.7 Å². The van der Waals surface area contributed by atoms with Gasteiger partial charge in [-0.3, -0.25) is 9.59 Å². The lowest BCUT2D eigenvalue weighted by molar-refractivity contribution is -0.120. The van der Waals surface area contributed by atoms with Gasteiger partial charge in [0, 0.05) is 36.8 Å². The smallest absolute Gasteiger partial charge is 0.251 e. The molecule has 0 saturated carbocycles. The Morgan fingerprint density at radius 3 is 2.65 bits per heavy atom. The van der Waals surface area contributed by atoms with Crippen molar-refractivity contribution in [3.8, 4) is 0 Å². The van der Waals surface area contributed by atoms with Gasteiger partial charge in [0.05, 0.1) is 6.26 Å². The summed E-state index contributed by atoms with van der Waals surface area (Å²) in [5.41, 5.74) is 2.11. The summed E-state index contributed by atoms with van der Waals surface area (Å²) in [5.74, 6) is -0.468. The number of amides is 2. The van der Waals surface area contributed by atoms with Crippen LogP contribution in [0.1, 0.15) is 28.8 Å². The van der Waals surface area contributed by atoms with Gasteiger partial charge in [-0.25, -0.2) is 12.7 Å². The third-order valence-corrected chi connectivity index (χ3v) is 5.66. The van der Waals surface area contributed by atoms with Crippen molar-refractivity contribution in [1.29, 1.82) is 0 Å². The Bertz CT molecular complexity index is 752. The van der Waals surface area contributed by atoms with Crippen LogP contribution in [0, 0.1) is 5.92 Å². The molecular formula is C15H19N3O4S. The first-order valence-corrected chi connectivity index (χ1v) is 9.36. The van der Waals surface area contributed by atoms with Crippen molar-refractivity contribution in [1.82, 2.24) is 9.62 Å². The summed E-state index contributed by atoms with van der Waals surface area (Å²) in [4.78, 5) is 24.0. The van der Waals surface area contributed by atoms with Crippen molar-refractivity contribution in [3.05, 3.63) is 29.3 Å². The second-order valence-corrected chi connectivity index (χ2v) is 7.96. The van der Waals surface area contributed by atoms with Crippen LogP contribution in [0.5, 0.6) is 0 Å². The first-order valence-electron chi connectivity index (χ1n) is 7.52. The maximum absolute atomic E-state index is 12.3. The molecule has 0 radical (unpaired) electrons. The predicted molar refractivity (Wildman–Crippen MR) is 85.4 cm³/mol. The average Bonchev–Trinajstić information content (AvgIpc) is 2.88. The quantitative estimate of drug-likeness (QED) is 0.841. The lowest BCUT2D eigenvalue weighted by atomic mass is 9.97. The number of hydrogen-bond acceptors (Lipinski definition) is 4. The van der Waals surface area contributed by atoms with Gasteiger partial charge in [0.2, 0.25) is 15.9 Å². The highest BCUT2D eigenvalue weighted by Crippen LogP contribution is 2.23. The zero-order valence-electron chi connectivity index (χ0n) is 12.8. The zero-order chi connectivity index (χ0) is 16.6. The number of sulfonamides is 1. The standard InChI is InChI=1S/C15H19N3O4S/c1-23(21,22)18-6-4-10(5-7-18)14(19)17-12-3-2-11-9-16-15(20)13(11)8-12/h2-3,8,10H,4-7,9H2,1H3,(H,16,20)(H,17,19). The van der Waals surface area contributed by atoms with Crippen LogP contribution in [0.25, 0.3) is 0 Å². The van der Waals surface area contributed by atoms with Gasteiger partial charge >= 0.3 is 0 Å². The summed E-state index contributed by atoms with van der Waals surface area (Å²) in [6.07, 6.45) is 2.19. The van der Waals surface area contributed by atoms with Crippen molar-refractivity contribution in [3.63, 3.8) is 0 Å². The number of anilines is 1. The number of benzene rings is 1. The summed E-state index contributed by atoms with van der Waals surface area (Å²) in [6.45, 7) is 1.25. The Kier molecular flexibility index (Phi) is 4.11. The van der Waals surface area contributed by atoms with Crippen LogP contribution < -0.4 is 10.6 Å². The van der Waals surface area contributed by atoms with Crippen molar-refractivity contribution in [2.75, 3.05) is 24.7 Å². The number of nitrogens with one attached hydrogen (secondary N) is 2. The third-order valence-electron chi connectivity index (χ3n) is 4.36. The van der Waals surface area contributed by atoms with Gasteiger partial charge in [-0.15, -0.1) is 0 Å². The number of piperidine rings is 1. The maximum atomic E-state index is 12.3. The molecule has 2 N–H and O–H groups in total. The van der Waals surface area contributed by atoms with Crippen LogP contribution in [0.4, 0.5) is 5.69 Å². The molecule has 1 aromatic carbocycles. The van der Waals surface area contributed by atoms with Crippen LogP contribution in [0.15, 0.2) is 18.2 Å². The van der Waals surface area contributed by atoms with E-state index in [9.17, 15) is 18.0 Å². The largest absolute Gasteiger partial charge is 0.348 e. The van der Waals surface area contributed by atoms with Crippen molar-refractivity contribution >= 4 is 27.5 Å². The first kappa shape index (κ1) is 15.9. The van der Waals surface area contributed by atoms with E-state index < -0.39 is 10.0 Å². The number of fused-ring (bicyclic) bond motifs is 1. The summed E-state index contributed by atoms with van der Waals surface area (Å²) in [7, 11) is -3.19. The van der Waals surface area contributed by atoms with E-state index in [1.165, 1.54) is 10.6 Å². The normalized spacial score (nSPS) is 19.3. The third kappa shape index (κ3) is 3.37. The number of carbonyl (C=O) groups excluding carboxylic acids is 2. The monoisotopic (exact) mass is 337 g/mol. The minimum atomic E-state index is -3.19. The molecule has 1 saturated heterocycles. The highest BCUT2D eigenvalue weighted by atomic mass is 32.2.